The Hall–Kier alpha value is -1.95. The van der Waals surface area contributed by atoms with E-state index in [0.29, 0.717) is 18.2 Å². The summed E-state index contributed by atoms with van der Waals surface area (Å²) >= 11 is 0. The first-order chi connectivity index (χ1) is 10.5. The van der Waals surface area contributed by atoms with Gasteiger partial charge < -0.3 is 0 Å². The third kappa shape index (κ3) is 3.44. The molecule has 0 aliphatic rings. The van der Waals surface area contributed by atoms with Gasteiger partial charge in [0.05, 0.1) is 5.69 Å². The topological polar surface area (TPSA) is 37.4 Å². The minimum Gasteiger partial charge on any atom is -0.266 e. The van der Waals surface area contributed by atoms with Gasteiger partial charge in [-0.2, -0.15) is 0 Å². The van der Waals surface area contributed by atoms with Gasteiger partial charge in [-0.1, -0.05) is 31.5 Å². The van der Waals surface area contributed by atoms with Crippen molar-refractivity contribution in [1.82, 2.24) is 0 Å². The van der Waals surface area contributed by atoms with Crippen molar-refractivity contribution in [2.24, 2.45) is 0 Å². The second-order valence-corrected chi connectivity index (χ2v) is 6.67. The molecular weight excluding hydrogens is 308 g/mol. The van der Waals surface area contributed by atoms with Gasteiger partial charge >= 0.3 is 0 Å². The second-order valence-electron chi connectivity index (χ2n) is 4.84. The summed E-state index contributed by atoms with van der Waals surface area (Å²) in [4.78, 5) is -0.520. The van der Waals surface area contributed by atoms with E-state index < -0.39 is 26.6 Å². The number of unbranched alkanes of at least 4 members (excludes halogenated alkanes) is 1. The molecule has 0 fully saturated rings. The van der Waals surface area contributed by atoms with Crippen LogP contribution in [-0.2, 0) is 10.0 Å². The first-order valence-corrected chi connectivity index (χ1v) is 8.43. The molecule has 22 heavy (non-hydrogen) atoms. The minimum absolute atomic E-state index is 0.236. The summed E-state index contributed by atoms with van der Waals surface area (Å²) in [5.41, 5.74) is 0.458. The highest BCUT2D eigenvalue weighted by Crippen LogP contribution is 2.26. The van der Waals surface area contributed by atoms with Crippen LogP contribution in [0.1, 0.15) is 19.8 Å². The molecule has 0 radical (unpaired) electrons. The van der Waals surface area contributed by atoms with Gasteiger partial charge in [0.2, 0.25) is 0 Å². The average Bonchev–Trinajstić information content (AvgIpc) is 2.48. The number of sulfonamides is 1. The highest BCUT2D eigenvalue weighted by Gasteiger charge is 2.27. The Balaban J connectivity index is 2.49. The number of rotatable bonds is 6. The van der Waals surface area contributed by atoms with Gasteiger partial charge in [0, 0.05) is 12.6 Å². The van der Waals surface area contributed by atoms with Crippen molar-refractivity contribution < 1.29 is 17.2 Å². The third-order valence-corrected chi connectivity index (χ3v) is 5.08. The Morgan fingerprint density at radius 1 is 1.05 bits per heavy atom. The largest absolute Gasteiger partial charge is 0.267 e. The van der Waals surface area contributed by atoms with Gasteiger partial charge in [-0.25, -0.2) is 17.2 Å². The molecule has 6 heteroatoms. The molecular formula is C16H17F2NO2S. The van der Waals surface area contributed by atoms with Crippen LogP contribution in [0.5, 0.6) is 0 Å². The maximum Gasteiger partial charge on any atom is 0.267 e. The third-order valence-electron chi connectivity index (χ3n) is 3.22. The van der Waals surface area contributed by atoms with Gasteiger partial charge in [0.15, 0.2) is 0 Å². The van der Waals surface area contributed by atoms with E-state index in [0.717, 1.165) is 22.9 Å². The SMILES string of the molecule is CCCCN(c1ccccc1)S(=O)(=O)c1ccc(F)cc1F. The number of nitrogens with zero attached hydrogens (tertiary/aromatic N) is 1. The molecule has 2 rings (SSSR count). The lowest BCUT2D eigenvalue weighted by Gasteiger charge is -2.24. The summed E-state index contributed by atoms with van der Waals surface area (Å²) < 4.78 is 53.5. The molecule has 0 unspecified atom stereocenters. The summed E-state index contributed by atoms with van der Waals surface area (Å²) in [6.07, 6.45) is 1.43. The van der Waals surface area contributed by atoms with Crippen molar-refractivity contribution in [2.45, 2.75) is 24.7 Å². The van der Waals surface area contributed by atoms with Crippen LogP contribution in [0.15, 0.2) is 53.4 Å². The lowest BCUT2D eigenvalue weighted by molar-refractivity contribution is 0.546. The van der Waals surface area contributed by atoms with Crippen molar-refractivity contribution in [3.8, 4) is 0 Å². The van der Waals surface area contributed by atoms with E-state index in [1.54, 1.807) is 30.3 Å². The predicted molar refractivity (Wildman–Crippen MR) is 82.2 cm³/mol. The van der Waals surface area contributed by atoms with Crippen LogP contribution in [0.25, 0.3) is 0 Å². The van der Waals surface area contributed by atoms with E-state index in [4.69, 9.17) is 0 Å². The molecule has 2 aromatic carbocycles. The van der Waals surface area contributed by atoms with Crippen LogP contribution >= 0.6 is 0 Å². The van der Waals surface area contributed by atoms with Gasteiger partial charge in [-0.3, -0.25) is 4.31 Å². The molecule has 2 aromatic rings. The van der Waals surface area contributed by atoms with Gasteiger partial charge in [-0.15, -0.1) is 0 Å². The average molecular weight is 325 g/mol. The molecule has 0 aliphatic heterocycles. The Bertz CT molecular complexity index is 733. The van der Waals surface area contributed by atoms with E-state index in [1.807, 2.05) is 6.92 Å². The Morgan fingerprint density at radius 3 is 2.32 bits per heavy atom. The number of halogens is 2. The van der Waals surface area contributed by atoms with E-state index in [2.05, 4.69) is 0 Å². The van der Waals surface area contributed by atoms with Crippen molar-refractivity contribution in [1.29, 1.82) is 0 Å². The summed E-state index contributed by atoms with van der Waals surface area (Å²) in [5, 5.41) is 0. The predicted octanol–water partition coefficient (Wildman–Crippen LogP) is 3.96. The number of hydrogen-bond acceptors (Lipinski definition) is 2. The van der Waals surface area contributed by atoms with Gasteiger partial charge in [0.1, 0.15) is 16.5 Å². The molecule has 3 nitrogen and oxygen atoms in total. The van der Waals surface area contributed by atoms with Gasteiger partial charge in [-0.05, 0) is 30.7 Å². The standard InChI is InChI=1S/C16H17F2NO2S/c1-2-3-11-19(14-7-5-4-6-8-14)22(20,21)16-10-9-13(17)12-15(16)18/h4-10,12H,2-3,11H2,1H3. The van der Waals surface area contributed by atoms with E-state index in [1.165, 1.54) is 0 Å². The molecule has 0 aromatic heterocycles. The molecule has 0 atom stereocenters. The van der Waals surface area contributed by atoms with Crippen molar-refractivity contribution >= 4 is 15.7 Å². The molecule has 0 bridgehead atoms. The number of anilines is 1. The number of benzene rings is 2. The molecule has 0 N–H and O–H groups in total. The van der Waals surface area contributed by atoms with Gasteiger partial charge in [0.25, 0.3) is 10.0 Å². The quantitative estimate of drug-likeness (QED) is 0.806. The van der Waals surface area contributed by atoms with E-state index in [9.17, 15) is 17.2 Å². The fourth-order valence-electron chi connectivity index (χ4n) is 2.09. The molecule has 0 spiro atoms. The Labute approximate surface area is 129 Å². The molecule has 0 saturated carbocycles. The maximum absolute atomic E-state index is 13.9. The molecule has 0 aliphatic carbocycles. The molecule has 0 heterocycles. The first kappa shape index (κ1) is 16.4. The second kappa shape index (κ2) is 6.87. The lowest BCUT2D eigenvalue weighted by Crippen LogP contribution is -2.32. The number of para-hydroxylation sites is 1. The van der Waals surface area contributed by atoms with Crippen LogP contribution in [0, 0.1) is 11.6 Å². The highest BCUT2D eigenvalue weighted by atomic mass is 32.2. The van der Waals surface area contributed by atoms with E-state index in [-0.39, 0.29) is 6.54 Å². The molecule has 118 valence electrons. The van der Waals surface area contributed by atoms with E-state index >= 15 is 0 Å². The minimum atomic E-state index is -4.08. The smallest absolute Gasteiger partial charge is 0.266 e. The lowest BCUT2D eigenvalue weighted by atomic mass is 10.3. The first-order valence-electron chi connectivity index (χ1n) is 6.99. The van der Waals surface area contributed by atoms with Crippen LogP contribution in [0.4, 0.5) is 14.5 Å². The van der Waals surface area contributed by atoms with Crippen molar-refractivity contribution in [3.05, 3.63) is 60.2 Å². The van der Waals surface area contributed by atoms with Crippen molar-refractivity contribution in [3.63, 3.8) is 0 Å². The van der Waals surface area contributed by atoms with Crippen molar-refractivity contribution in [2.75, 3.05) is 10.8 Å². The summed E-state index contributed by atoms with van der Waals surface area (Å²) in [7, 11) is -4.08. The Kier molecular flexibility index (Phi) is 5.13. The van der Waals surface area contributed by atoms with Crippen LogP contribution < -0.4 is 4.31 Å². The van der Waals surface area contributed by atoms with Crippen LogP contribution in [-0.4, -0.2) is 15.0 Å². The summed E-state index contributed by atoms with van der Waals surface area (Å²) in [6, 6.07) is 11.0. The molecule has 0 saturated heterocycles. The normalized spacial score (nSPS) is 11.4. The van der Waals surface area contributed by atoms with Crippen LogP contribution in [0.2, 0.25) is 0 Å². The monoisotopic (exact) mass is 325 g/mol. The zero-order valence-corrected chi connectivity index (χ0v) is 13.0. The summed E-state index contributed by atoms with van der Waals surface area (Å²) in [6.45, 7) is 2.17. The molecule has 0 amide bonds. The zero-order valence-electron chi connectivity index (χ0n) is 12.2. The maximum atomic E-state index is 13.9. The van der Waals surface area contributed by atoms with Crippen LogP contribution in [0.3, 0.4) is 0 Å². The number of hydrogen-bond donors (Lipinski definition) is 0. The highest BCUT2D eigenvalue weighted by molar-refractivity contribution is 7.92. The zero-order chi connectivity index (χ0) is 16.2. The summed E-state index contributed by atoms with van der Waals surface area (Å²) in [5.74, 6) is -1.89. The fraction of sp³-hybridized carbons (Fsp3) is 0.250. The Morgan fingerprint density at radius 2 is 1.73 bits per heavy atom. The fourth-order valence-corrected chi connectivity index (χ4v) is 3.64.